The lowest BCUT2D eigenvalue weighted by molar-refractivity contribution is -0.135. The molecule has 1 aromatic rings. The van der Waals surface area contributed by atoms with Crippen molar-refractivity contribution in [1.82, 2.24) is 5.32 Å². The Bertz CT molecular complexity index is 433. The number of carbonyl (C=O) groups is 2. The first-order chi connectivity index (χ1) is 7.22. The Morgan fingerprint density at radius 1 is 1.53 bits per heavy atom. The quantitative estimate of drug-likeness (QED) is 0.718. The first-order valence-electron chi connectivity index (χ1n) is 4.49. The molecule has 0 saturated carbocycles. The summed E-state index contributed by atoms with van der Waals surface area (Å²) in [5.41, 5.74) is 0. The van der Waals surface area contributed by atoms with Crippen LogP contribution in [0.1, 0.15) is 17.2 Å². The van der Waals surface area contributed by atoms with Crippen LogP contribution in [0, 0.1) is 17.2 Å². The first-order valence-corrected chi connectivity index (χ1v) is 5.37. The standard InChI is InChI=1S/C10H8N2O2S/c11-5-7-6(8-2-1-3-15-8)4-9(13)12-10(7)14/h1-3,6-7H,4H2,(H,12,13,14). The van der Waals surface area contributed by atoms with Gasteiger partial charge in [-0.05, 0) is 11.4 Å². The Morgan fingerprint density at radius 3 is 2.93 bits per heavy atom. The molecule has 2 atom stereocenters. The van der Waals surface area contributed by atoms with Crippen molar-refractivity contribution in [2.24, 2.45) is 5.92 Å². The van der Waals surface area contributed by atoms with Gasteiger partial charge in [-0.15, -0.1) is 11.3 Å². The zero-order valence-electron chi connectivity index (χ0n) is 7.77. The fourth-order valence-corrected chi connectivity index (χ4v) is 2.55. The second kappa shape index (κ2) is 3.83. The van der Waals surface area contributed by atoms with Crippen LogP contribution in [0.2, 0.25) is 0 Å². The number of nitrogens with zero attached hydrogens (tertiary/aromatic N) is 1. The van der Waals surface area contributed by atoms with E-state index in [0.717, 1.165) is 4.88 Å². The molecule has 4 nitrogen and oxygen atoms in total. The van der Waals surface area contributed by atoms with Gasteiger partial charge in [-0.3, -0.25) is 14.9 Å². The third-order valence-corrected chi connectivity index (χ3v) is 3.40. The molecule has 2 unspecified atom stereocenters. The van der Waals surface area contributed by atoms with Crippen LogP contribution in [0.25, 0.3) is 0 Å². The van der Waals surface area contributed by atoms with Gasteiger partial charge in [-0.25, -0.2) is 0 Å². The zero-order valence-corrected chi connectivity index (χ0v) is 8.58. The zero-order chi connectivity index (χ0) is 10.8. The van der Waals surface area contributed by atoms with E-state index in [9.17, 15) is 9.59 Å². The largest absolute Gasteiger partial charge is 0.295 e. The molecule has 15 heavy (non-hydrogen) atoms. The number of hydrogen-bond acceptors (Lipinski definition) is 4. The van der Waals surface area contributed by atoms with Crippen molar-refractivity contribution in [2.75, 3.05) is 0 Å². The summed E-state index contributed by atoms with van der Waals surface area (Å²) >= 11 is 1.47. The Morgan fingerprint density at radius 2 is 2.33 bits per heavy atom. The number of nitriles is 1. The molecule has 1 saturated heterocycles. The van der Waals surface area contributed by atoms with Gasteiger partial charge in [0, 0.05) is 17.2 Å². The molecule has 1 fully saturated rings. The predicted molar refractivity (Wildman–Crippen MR) is 53.9 cm³/mol. The van der Waals surface area contributed by atoms with Gasteiger partial charge < -0.3 is 0 Å². The minimum absolute atomic E-state index is 0.213. The van der Waals surface area contributed by atoms with Crippen LogP contribution >= 0.6 is 11.3 Å². The van der Waals surface area contributed by atoms with Gasteiger partial charge >= 0.3 is 0 Å². The monoisotopic (exact) mass is 220 g/mol. The average molecular weight is 220 g/mol. The molecule has 5 heteroatoms. The predicted octanol–water partition coefficient (Wildman–Crippen LogP) is 1.02. The molecule has 2 amide bonds. The maximum Gasteiger partial charge on any atom is 0.244 e. The first kappa shape index (κ1) is 9.87. The number of imide groups is 1. The summed E-state index contributed by atoms with van der Waals surface area (Å²) in [5, 5.41) is 13.0. The van der Waals surface area contributed by atoms with Crippen molar-refractivity contribution in [3.8, 4) is 6.07 Å². The lowest BCUT2D eigenvalue weighted by atomic mass is 9.85. The van der Waals surface area contributed by atoms with Crippen LogP contribution in [0.3, 0.4) is 0 Å². The van der Waals surface area contributed by atoms with Crippen LogP contribution in [-0.2, 0) is 9.59 Å². The minimum atomic E-state index is -0.749. The van der Waals surface area contributed by atoms with Crippen molar-refractivity contribution >= 4 is 23.2 Å². The van der Waals surface area contributed by atoms with E-state index in [1.54, 1.807) is 0 Å². The maximum absolute atomic E-state index is 11.4. The molecule has 1 aliphatic heterocycles. The van der Waals surface area contributed by atoms with Crippen molar-refractivity contribution in [1.29, 1.82) is 5.26 Å². The molecule has 0 aromatic carbocycles. The summed E-state index contributed by atoms with van der Waals surface area (Å²) in [6.07, 6.45) is 0.213. The molecule has 0 spiro atoms. The summed E-state index contributed by atoms with van der Waals surface area (Å²) in [4.78, 5) is 23.5. The van der Waals surface area contributed by atoms with Gasteiger partial charge in [-0.2, -0.15) is 5.26 Å². The van der Waals surface area contributed by atoms with Crippen LogP contribution in [0.5, 0.6) is 0 Å². The van der Waals surface area contributed by atoms with Gasteiger partial charge in [0.05, 0.1) is 6.07 Å². The molecule has 1 N–H and O–H groups in total. The van der Waals surface area contributed by atoms with Crippen LogP contribution in [0.4, 0.5) is 0 Å². The van der Waals surface area contributed by atoms with E-state index in [2.05, 4.69) is 5.32 Å². The Kier molecular flexibility index (Phi) is 2.52. The van der Waals surface area contributed by atoms with E-state index in [-0.39, 0.29) is 18.2 Å². The maximum atomic E-state index is 11.4. The lowest BCUT2D eigenvalue weighted by Crippen LogP contribution is -2.44. The number of hydrogen-bond donors (Lipinski definition) is 1. The number of piperidine rings is 1. The summed E-state index contributed by atoms with van der Waals surface area (Å²) in [5.74, 6) is -1.81. The summed E-state index contributed by atoms with van der Waals surface area (Å²) < 4.78 is 0. The van der Waals surface area contributed by atoms with Gasteiger partial charge in [0.2, 0.25) is 11.8 Å². The molecular formula is C10H8N2O2S. The van der Waals surface area contributed by atoms with Gasteiger partial charge in [0.1, 0.15) is 5.92 Å². The Balaban J connectivity index is 2.32. The van der Waals surface area contributed by atoms with E-state index in [1.807, 2.05) is 23.6 Å². The summed E-state index contributed by atoms with van der Waals surface area (Å²) in [6.45, 7) is 0. The smallest absolute Gasteiger partial charge is 0.244 e. The van der Waals surface area contributed by atoms with E-state index >= 15 is 0 Å². The number of nitrogens with one attached hydrogen (secondary N) is 1. The van der Waals surface area contributed by atoms with Crippen molar-refractivity contribution in [3.63, 3.8) is 0 Å². The topological polar surface area (TPSA) is 70.0 Å². The Labute approximate surface area is 90.5 Å². The summed E-state index contributed by atoms with van der Waals surface area (Å²) in [7, 11) is 0. The van der Waals surface area contributed by atoms with E-state index in [1.165, 1.54) is 11.3 Å². The number of amides is 2. The highest BCUT2D eigenvalue weighted by atomic mass is 32.1. The molecule has 0 radical (unpaired) electrons. The number of thiophene rings is 1. The van der Waals surface area contributed by atoms with Crippen LogP contribution in [-0.4, -0.2) is 11.8 Å². The van der Waals surface area contributed by atoms with Crippen molar-refractivity contribution in [2.45, 2.75) is 12.3 Å². The van der Waals surface area contributed by atoms with E-state index < -0.39 is 11.8 Å². The average Bonchev–Trinajstić information content (AvgIpc) is 2.69. The van der Waals surface area contributed by atoms with Crippen molar-refractivity contribution < 1.29 is 9.59 Å². The minimum Gasteiger partial charge on any atom is -0.295 e. The highest BCUT2D eigenvalue weighted by Gasteiger charge is 2.37. The molecule has 2 heterocycles. The van der Waals surface area contributed by atoms with Crippen LogP contribution < -0.4 is 5.32 Å². The highest BCUT2D eigenvalue weighted by Crippen LogP contribution is 2.33. The third-order valence-electron chi connectivity index (χ3n) is 2.40. The fourth-order valence-electron chi connectivity index (χ4n) is 1.68. The molecule has 76 valence electrons. The number of carbonyl (C=O) groups excluding carboxylic acids is 2. The normalized spacial score (nSPS) is 25.8. The molecule has 0 bridgehead atoms. The molecule has 0 aliphatic carbocycles. The Hall–Kier alpha value is -1.67. The second-order valence-corrected chi connectivity index (χ2v) is 4.32. The van der Waals surface area contributed by atoms with Gasteiger partial charge in [0.15, 0.2) is 0 Å². The lowest BCUT2D eigenvalue weighted by Gasteiger charge is -2.24. The van der Waals surface area contributed by atoms with Gasteiger partial charge in [-0.1, -0.05) is 6.07 Å². The molecule has 1 aromatic heterocycles. The molecule has 1 aliphatic rings. The summed E-state index contributed by atoms with van der Waals surface area (Å²) in [6, 6.07) is 5.66. The molecular weight excluding hydrogens is 212 g/mol. The fraction of sp³-hybridized carbons (Fsp3) is 0.300. The number of rotatable bonds is 1. The molecule has 2 rings (SSSR count). The van der Waals surface area contributed by atoms with E-state index in [0.29, 0.717) is 0 Å². The van der Waals surface area contributed by atoms with Crippen LogP contribution in [0.15, 0.2) is 17.5 Å². The SMILES string of the molecule is N#CC1C(=O)NC(=O)CC1c1cccs1. The van der Waals surface area contributed by atoms with Crippen molar-refractivity contribution in [3.05, 3.63) is 22.4 Å². The van der Waals surface area contributed by atoms with E-state index in [4.69, 9.17) is 5.26 Å². The van der Waals surface area contributed by atoms with Gasteiger partial charge in [0.25, 0.3) is 0 Å². The highest BCUT2D eigenvalue weighted by molar-refractivity contribution is 7.10. The third kappa shape index (κ3) is 1.76. The second-order valence-electron chi connectivity index (χ2n) is 3.35.